The van der Waals surface area contributed by atoms with E-state index in [4.69, 9.17) is 0 Å². The Balaban J connectivity index is 1.83. The van der Waals surface area contributed by atoms with Crippen LogP contribution in [0.4, 0.5) is 4.39 Å². The van der Waals surface area contributed by atoms with Crippen molar-refractivity contribution in [1.29, 1.82) is 0 Å². The van der Waals surface area contributed by atoms with Gasteiger partial charge in [0.15, 0.2) is 5.78 Å². The lowest BCUT2D eigenvalue weighted by Gasteiger charge is -2.02. The van der Waals surface area contributed by atoms with Gasteiger partial charge in [-0.1, -0.05) is 63.0 Å². The van der Waals surface area contributed by atoms with Crippen molar-refractivity contribution < 1.29 is 9.18 Å². The van der Waals surface area contributed by atoms with E-state index in [1.54, 1.807) is 12.1 Å². The zero-order valence-corrected chi connectivity index (χ0v) is 14.9. The molecule has 1 nitrogen and oxygen atoms in total. The molecule has 0 saturated carbocycles. The van der Waals surface area contributed by atoms with Crippen molar-refractivity contribution in [1.82, 2.24) is 0 Å². The highest BCUT2D eigenvalue weighted by molar-refractivity contribution is 5.96. The third-order valence-electron chi connectivity index (χ3n) is 4.16. The summed E-state index contributed by atoms with van der Waals surface area (Å²) in [5.41, 5.74) is 2.37. The fraction of sp³-hybridized carbons (Fsp3) is 0.348. The average Bonchev–Trinajstić information content (AvgIpc) is 2.64. The first-order chi connectivity index (χ1) is 12.2. The van der Waals surface area contributed by atoms with Crippen molar-refractivity contribution in [3.8, 4) is 11.8 Å². The minimum Gasteiger partial charge on any atom is -0.294 e. The molecule has 0 aliphatic heterocycles. The molecule has 0 saturated heterocycles. The van der Waals surface area contributed by atoms with Crippen LogP contribution in [0.5, 0.6) is 0 Å². The van der Waals surface area contributed by atoms with Gasteiger partial charge in [-0.25, -0.2) is 4.39 Å². The molecule has 130 valence electrons. The van der Waals surface area contributed by atoms with Gasteiger partial charge in [-0.05, 0) is 42.8 Å². The Hall–Kier alpha value is -2.40. The van der Waals surface area contributed by atoms with Crippen LogP contribution in [0.1, 0.15) is 73.4 Å². The number of benzene rings is 2. The molecule has 0 heterocycles. The fourth-order valence-corrected chi connectivity index (χ4v) is 2.63. The summed E-state index contributed by atoms with van der Waals surface area (Å²) in [6, 6.07) is 13.5. The van der Waals surface area contributed by atoms with Gasteiger partial charge in [0.05, 0.1) is 0 Å². The first-order valence-electron chi connectivity index (χ1n) is 9.10. The summed E-state index contributed by atoms with van der Waals surface area (Å²) in [4.78, 5) is 12.2. The minimum absolute atomic E-state index is 0.202. The molecule has 0 aliphatic rings. The first kappa shape index (κ1) is 18.9. The van der Waals surface area contributed by atoms with Crippen LogP contribution in [0.2, 0.25) is 0 Å². The van der Waals surface area contributed by atoms with Gasteiger partial charge in [-0.15, -0.1) is 0 Å². The number of halogens is 1. The summed E-state index contributed by atoms with van der Waals surface area (Å²) in [6.07, 6.45) is 7.74. The number of carbonyl (C=O) groups is 1. The quantitative estimate of drug-likeness (QED) is 0.320. The molecular formula is C23H25FO. The Morgan fingerprint density at radius 1 is 0.800 bits per heavy atom. The zero-order valence-electron chi connectivity index (χ0n) is 14.9. The molecule has 2 heteroatoms. The molecule has 25 heavy (non-hydrogen) atoms. The van der Waals surface area contributed by atoms with Crippen LogP contribution in [0.3, 0.4) is 0 Å². The zero-order chi connectivity index (χ0) is 17.9. The van der Waals surface area contributed by atoms with Crippen LogP contribution in [-0.4, -0.2) is 5.78 Å². The number of ketones is 1. The van der Waals surface area contributed by atoms with Crippen molar-refractivity contribution in [2.75, 3.05) is 0 Å². The molecule has 0 amide bonds. The third kappa shape index (κ3) is 6.93. The van der Waals surface area contributed by atoms with E-state index in [-0.39, 0.29) is 11.6 Å². The van der Waals surface area contributed by atoms with Crippen LogP contribution >= 0.6 is 0 Å². The van der Waals surface area contributed by atoms with Crippen molar-refractivity contribution in [2.24, 2.45) is 0 Å². The molecule has 0 bridgehead atoms. The van der Waals surface area contributed by atoms with Gasteiger partial charge in [-0.2, -0.15) is 0 Å². The maximum absolute atomic E-state index is 12.9. The minimum atomic E-state index is -0.265. The second-order valence-electron chi connectivity index (χ2n) is 6.28. The molecule has 0 aliphatic carbocycles. The smallest absolute Gasteiger partial charge is 0.162 e. The van der Waals surface area contributed by atoms with Gasteiger partial charge in [0.2, 0.25) is 0 Å². The number of rotatable bonds is 8. The van der Waals surface area contributed by atoms with Gasteiger partial charge < -0.3 is 0 Å². The van der Waals surface area contributed by atoms with Gasteiger partial charge in [0.25, 0.3) is 0 Å². The van der Waals surface area contributed by atoms with E-state index in [1.807, 2.05) is 24.3 Å². The molecule has 0 atom stereocenters. The Labute approximate surface area is 150 Å². The van der Waals surface area contributed by atoms with Crippen molar-refractivity contribution in [3.05, 3.63) is 71.0 Å². The van der Waals surface area contributed by atoms with Crippen molar-refractivity contribution in [3.63, 3.8) is 0 Å². The van der Waals surface area contributed by atoms with Crippen LogP contribution < -0.4 is 0 Å². The molecule has 0 fully saturated rings. The number of hydrogen-bond acceptors (Lipinski definition) is 1. The van der Waals surface area contributed by atoms with Crippen LogP contribution in [0.15, 0.2) is 48.5 Å². The van der Waals surface area contributed by atoms with E-state index in [9.17, 15) is 9.18 Å². The topological polar surface area (TPSA) is 17.1 Å². The van der Waals surface area contributed by atoms with Crippen LogP contribution in [0.25, 0.3) is 0 Å². The lowest BCUT2D eigenvalue weighted by atomic mass is 10.0. The summed E-state index contributed by atoms with van der Waals surface area (Å²) in [7, 11) is 0. The number of carbonyl (C=O) groups excluding carboxylic acids is 1. The summed E-state index contributed by atoms with van der Waals surface area (Å²) in [5.74, 6) is 5.97. The Kier molecular flexibility index (Phi) is 7.92. The highest BCUT2D eigenvalue weighted by atomic mass is 19.1. The van der Waals surface area contributed by atoms with Gasteiger partial charge in [-0.3, -0.25) is 4.79 Å². The lowest BCUT2D eigenvalue weighted by molar-refractivity contribution is 0.0979. The molecule has 0 spiro atoms. The molecule has 0 radical (unpaired) electrons. The van der Waals surface area contributed by atoms with Crippen LogP contribution in [-0.2, 0) is 0 Å². The van der Waals surface area contributed by atoms with Gasteiger partial charge >= 0.3 is 0 Å². The fourth-order valence-electron chi connectivity index (χ4n) is 2.63. The number of hydrogen-bond donors (Lipinski definition) is 0. The SMILES string of the molecule is CCCCCCCCC(=O)c1ccc(C#Cc2ccc(F)cc2)cc1. The van der Waals surface area contributed by atoms with Gasteiger partial charge in [0, 0.05) is 23.1 Å². The van der Waals surface area contributed by atoms with Crippen molar-refractivity contribution >= 4 is 5.78 Å². The van der Waals surface area contributed by atoms with Gasteiger partial charge in [0.1, 0.15) is 5.82 Å². The van der Waals surface area contributed by atoms with E-state index >= 15 is 0 Å². The molecule has 2 rings (SSSR count). The Morgan fingerprint density at radius 3 is 1.92 bits per heavy atom. The third-order valence-corrected chi connectivity index (χ3v) is 4.16. The van der Waals surface area contributed by atoms with E-state index in [0.717, 1.165) is 29.5 Å². The molecule has 2 aromatic carbocycles. The predicted molar refractivity (Wildman–Crippen MR) is 101 cm³/mol. The van der Waals surface area contributed by atoms with E-state index in [0.29, 0.717) is 6.42 Å². The molecular weight excluding hydrogens is 311 g/mol. The summed E-state index contributed by atoms with van der Waals surface area (Å²) in [5, 5.41) is 0. The monoisotopic (exact) mass is 336 g/mol. The molecule has 0 N–H and O–H groups in total. The normalized spacial score (nSPS) is 10.2. The number of unbranched alkanes of at least 4 members (excludes halogenated alkanes) is 5. The maximum Gasteiger partial charge on any atom is 0.162 e. The number of Topliss-reactive ketones (excluding diaryl/α,β-unsaturated/α-hetero) is 1. The van der Waals surface area contributed by atoms with E-state index < -0.39 is 0 Å². The summed E-state index contributed by atoms with van der Waals surface area (Å²) >= 11 is 0. The van der Waals surface area contributed by atoms with E-state index in [1.165, 1.54) is 37.8 Å². The predicted octanol–water partition coefficient (Wildman–Crippen LogP) is 6.16. The molecule has 0 aromatic heterocycles. The molecule has 0 unspecified atom stereocenters. The second-order valence-corrected chi connectivity index (χ2v) is 6.28. The Bertz CT molecular complexity index is 717. The highest BCUT2D eigenvalue weighted by Crippen LogP contribution is 2.12. The molecule has 2 aromatic rings. The second kappa shape index (κ2) is 10.5. The Morgan fingerprint density at radius 2 is 1.32 bits per heavy atom. The van der Waals surface area contributed by atoms with Crippen molar-refractivity contribution in [2.45, 2.75) is 51.9 Å². The standard InChI is InChI=1S/C23H25FO/c1-2-3-4-5-6-7-8-23(25)21-15-11-19(12-16-21)9-10-20-13-17-22(24)18-14-20/h11-18H,2-8H2,1H3. The average molecular weight is 336 g/mol. The summed E-state index contributed by atoms with van der Waals surface area (Å²) < 4.78 is 12.9. The lowest BCUT2D eigenvalue weighted by Crippen LogP contribution is -1.98. The summed E-state index contributed by atoms with van der Waals surface area (Å²) in [6.45, 7) is 2.21. The largest absolute Gasteiger partial charge is 0.294 e. The first-order valence-corrected chi connectivity index (χ1v) is 9.10. The highest BCUT2D eigenvalue weighted by Gasteiger charge is 2.05. The van der Waals surface area contributed by atoms with E-state index in [2.05, 4.69) is 18.8 Å². The van der Waals surface area contributed by atoms with Crippen LogP contribution in [0, 0.1) is 17.7 Å². The maximum atomic E-state index is 12.9.